The molecular formula is HCrKMnTi. The van der Waals surface area contributed by atoms with Crippen molar-refractivity contribution in [3.8, 4) is 0 Å². The van der Waals surface area contributed by atoms with E-state index in [1.165, 1.54) is 0 Å². The summed E-state index contributed by atoms with van der Waals surface area (Å²) in [5, 5.41) is 0. The molecule has 0 bridgehead atoms. The van der Waals surface area contributed by atoms with Gasteiger partial charge in [0.05, 0.1) is 0 Å². The molecule has 0 aliphatic heterocycles. The summed E-state index contributed by atoms with van der Waals surface area (Å²) in [5.74, 6) is 0. The van der Waals surface area contributed by atoms with Gasteiger partial charge in [0.25, 0.3) is 0 Å². The molecule has 0 aromatic heterocycles. The van der Waals surface area contributed by atoms with Crippen molar-refractivity contribution in [2.24, 2.45) is 0 Å². The van der Waals surface area contributed by atoms with Crippen molar-refractivity contribution >= 4 is 51.4 Å². The predicted molar refractivity (Wildman–Crippen MR) is 7.15 cm³/mol. The van der Waals surface area contributed by atoms with Crippen molar-refractivity contribution in [1.82, 2.24) is 0 Å². The zero-order valence-electron chi connectivity index (χ0n) is 1.29. The predicted octanol–water partition coefficient (Wildman–Crippen LogP) is -0.656. The molecule has 0 unspecified atom stereocenters. The normalized spacial score (nSPS) is 0. The van der Waals surface area contributed by atoms with Crippen molar-refractivity contribution < 1.29 is 56.1 Å². The van der Waals surface area contributed by atoms with Gasteiger partial charge < -0.3 is 0 Å². The molecule has 4 heteroatoms. The molecule has 0 saturated heterocycles. The molecule has 0 N–H and O–H groups in total. The third kappa shape index (κ3) is 9.04. The van der Waals surface area contributed by atoms with Crippen LogP contribution in [-0.4, -0.2) is 51.4 Å². The Kier molecular flexibility index (Phi) is 106. The van der Waals surface area contributed by atoms with Crippen LogP contribution in [0.25, 0.3) is 0 Å². The minimum absolute atomic E-state index is 0. The van der Waals surface area contributed by atoms with Gasteiger partial charge in [-0.15, -0.1) is 0 Å². The van der Waals surface area contributed by atoms with E-state index in [2.05, 4.69) is 0 Å². The van der Waals surface area contributed by atoms with Gasteiger partial charge >= 0.3 is 51.4 Å². The molecule has 4 heavy (non-hydrogen) atoms. The molecule has 0 aliphatic rings. The molecule has 0 atom stereocenters. The van der Waals surface area contributed by atoms with Crippen LogP contribution in [0.3, 0.4) is 0 Å². The Balaban J connectivity index is 0. The molecule has 0 saturated carbocycles. The molecular weight excluding hydrogens is 194 g/mol. The molecule has 0 nitrogen and oxygen atoms in total. The van der Waals surface area contributed by atoms with Gasteiger partial charge in [0.15, 0.2) is 0 Å². The van der Waals surface area contributed by atoms with Crippen LogP contribution in [0.15, 0.2) is 0 Å². The monoisotopic (exact) mass is 195 g/mol. The van der Waals surface area contributed by atoms with Crippen molar-refractivity contribution in [3.63, 3.8) is 0 Å². The van der Waals surface area contributed by atoms with Gasteiger partial charge in [0.2, 0.25) is 0 Å². The third-order valence-electron chi connectivity index (χ3n) is 0. The second-order valence-corrected chi connectivity index (χ2v) is 0. The summed E-state index contributed by atoms with van der Waals surface area (Å²) < 4.78 is 0. The van der Waals surface area contributed by atoms with Crippen LogP contribution in [0.2, 0.25) is 0 Å². The van der Waals surface area contributed by atoms with E-state index in [4.69, 9.17) is 0 Å². The van der Waals surface area contributed by atoms with Crippen molar-refractivity contribution in [2.75, 3.05) is 0 Å². The molecule has 0 aromatic rings. The molecule has 0 rings (SSSR count). The van der Waals surface area contributed by atoms with E-state index in [9.17, 15) is 0 Å². The zero-order valence-corrected chi connectivity index (χ0v) is 5.30. The number of rotatable bonds is 0. The van der Waals surface area contributed by atoms with E-state index < -0.39 is 0 Å². The van der Waals surface area contributed by atoms with Gasteiger partial charge in [-0.1, -0.05) is 0 Å². The maximum atomic E-state index is 0. The van der Waals surface area contributed by atoms with E-state index in [1.807, 2.05) is 0 Å². The number of hydrogen-bond donors (Lipinski definition) is 0. The minimum Gasteiger partial charge on any atom is 0 e. The Morgan fingerprint density at radius 2 is 1.00 bits per heavy atom. The van der Waals surface area contributed by atoms with Crippen molar-refractivity contribution in [2.45, 2.75) is 0 Å². The quantitative estimate of drug-likeness (QED) is 0.450. The second-order valence-electron chi connectivity index (χ2n) is 0. The van der Waals surface area contributed by atoms with E-state index in [1.54, 1.807) is 0 Å². The molecule has 0 aliphatic carbocycles. The number of hydrogen-bond acceptors (Lipinski definition) is 0. The van der Waals surface area contributed by atoms with E-state index in [0.29, 0.717) is 0 Å². The van der Waals surface area contributed by atoms with Crippen LogP contribution in [0, 0.1) is 0 Å². The topological polar surface area (TPSA) is 0 Å². The molecule has 0 aromatic carbocycles. The Morgan fingerprint density at radius 3 is 1.00 bits per heavy atom. The van der Waals surface area contributed by atoms with Crippen LogP contribution in [0.1, 0.15) is 0 Å². The van der Waals surface area contributed by atoms with E-state index >= 15 is 0 Å². The first kappa shape index (κ1) is 26.2. The van der Waals surface area contributed by atoms with Crippen LogP contribution < -0.4 is 0 Å². The van der Waals surface area contributed by atoms with Gasteiger partial charge in [-0.3, -0.25) is 0 Å². The third-order valence-corrected chi connectivity index (χ3v) is 0. The fraction of sp³-hybridized carbons (Fsp3) is 0. The van der Waals surface area contributed by atoms with Crippen LogP contribution >= 0.6 is 0 Å². The molecule has 0 spiro atoms. The summed E-state index contributed by atoms with van der Waals surface area (Å²) in [7, 11) is 0. The first-order chi connectivity index (χ1) is 0. The zero-order chi connectivity index (χ0) is 0. The Hall–Kier alpha value is 3.40. The summed E-state index contributed by atoms with van der Waals surface area (Å²) in [6, 6.07) is 0. The van der Waals surface area contributed by atoms with Crippen molar-refractivity contribution in [3.05, 3.63) is 0 Å². The fourth-order valence-electron chi connectivity index (χ4n) is 0. The smallest absolute Gasteiger partial charge is 0 e. The van der Waals surface area contributed by atoms with Gasteiger partial charge in [0.1, 0.15) is 0 Å². The molecule has 1 radical (unpaired) electrons. The van der Waals surface area contributed by atoms with Gasteiger partial charge in [-0.05, 0) is 0 Å². The van der Waals surface area contributed by atoms with Gasteiger partial charge in [-0.2, -0.15) is 0 Å². The largest absolute Gasteiger partial charge is 0 e. The SMILES string of the molecule is [Cr].[KH].[Mn].[Ti]. The van der Waals surface area contributed by atoms with Crippen molar-refractivity contribution in [1.29, 1.82) is 0 Å². The summed E-state index contributed by atoms with van der Waals surface area (Å²) in [5.41, 5.74) is 0. The van der Waals surface area contributed by atoms with Crippen LogP contribution in [0.4, 0.5) is 0 Å². The second kappa shape index (κ2) is 16.1. The Labute approximate surface area is 105 Å². The molecule has 0 heterocycles. The van der Waals surface area contributed by atoms with E-state index in [0.717, 1.165) is 0 Å². The van der Waals surface area contributed by atoms with E-state index in [-0.39, 0.29) is 108 Å². The summed E-state index contributed by atoms with van der Waals surface area (Å²) in [4.78, 5) is 0. The summed E-state index contributed by atoms with van der Waals surface area (Å²) in [6.45, 7) is 0. The van der Waals surface area contributed by atoms with Crippen LogP contribution in [-0.2, 0) is 56.1 Å². The minimum atomic E-state index is 0. The molecule has 0 amide bonds. The average molecular weight is 195 g/mol. The Bertz CT molecular complexity index is 8.00. The average Bonchev–Trinajstić information content (AvgIpc) is 0. The molecule has 19 valence electrons. The first-order valence-electron chi connectivity index (χ1n) is 0. The first-order valence-corrected chi connectivity index (χ1v) is 0. The fourth-order valence-corrected chi connectivity index (χ4v) is 0. The maximum Gasteiger partial charge on any atom is 0 e. The molecule has 0 fully saturated rings. The standard InChI is InChI=1S/Cr.K.Mn.Ti.H. The van der Waals surface area contributed by atoms with Gasteiger partial charge in [-0.25, -0.2) is 0 Å². The summed E-state index contributed by atoms with van der Waals surface area (Å²) >= 11 is 0. The van der Waals surface area contributed by atoms with Gasteiger partial charge in [0, 0.05) is 56.1 Å². The maximum absolute atomic E-state index is 0. The summed E-state index contributed by atoms with van der Waals surface area (Å²) in [6.07, 6.45) is 0. The van der Waals surface area contributed by atoms with Crippen LogP contribution in [0.5, 0.6) is 0 Å². The Morgan fingerprint density at radius 1 is 1.00 bits per heavy atom.